The van der Waals surface area contributed by atoms with Crippen LogP contribution in [0.2, 0.25) is 5.02 Å². The zero-order valence-electron chi connectivity index (χ0n) is 7.01. The van der Waals surface area contributed by atoms with Gasteiger partial charge in [-0.05, 0) is 35.1 Å². The quantitative estimate of drug-likeness (QED) is 0.851. The summed E-state index contributed by atoms with van der Waals surface area (Å²) in [4.78, 5) is -0.179. The number of hydrogen-bond donors (Lipinski definition) is 1. The van der Waals surface area contributed by atoms with E-state index in [4.69, 9.17) is 11.6 Å². The lowest BCUT2D eigenvalue weighted by molar-refractivity contribution is 0.583. The second kappa shape index (κ2) is 4.14. The Morgan fingerprint density at radius 1 is 1.50 bits per heavy atom. The first kappa shape index (κ1) is 11.9. The minimum atomic E-state index is -3.66. The molecule has 1 aromatic rings. The van der Waals surface area contributed by atoms with Gasteiger partial charge in [-0.15, -0.1) is 0 Å². The summed E-state index contributed by atoms with van der Waals surface area (Å²) >= 11 is 8.45. The van der Waals surface area contributed by atoms with Crippen LogP contribution in [0.1, 0.15) is 0 Å². The molecule has 0 spiro atoms. The second-order valence-electron chi connectivity index (χ2n) is 2.40. The molecule has 0 atom stereocenters. The monoisotopic (exact) mass is 301 g/mol. The Labute approximate surface area is 94.4 Å². The maximum Gasteiger partial charge on any atom is 0.241 e. The van der Waals surface area contributed by atoms with E-state index >= 15 is 0 Å². The van der Waals surface area contributed by atoms with Crippen molar-refractivity contribution in [2.45, 2.75) is 4.90 Å². The second-order valence-corrected chi connectivity index (χ2v) is 5.52. The van der Waals surface area contributed by atoms with Gasteiger partial charge in [0, 0.05) is 4.47 Å². The summed E-state index contributed by atoms with van der Waals surface area (Å²) in [5, 5.41) is -0.132. The molecule has 0 aromatic heterocycles. The van der Waals surface area contributed by atoms with Crippen LogP contribution >= 0.6 is 27.5 Å². The summed E-state index contributed by atoms with van der Waals surface area (Å²) in [5.74, 6) is -0.774. The Morgan fingerprint density at radius 3 is 2.57 bits per heavy atom. The van der Waals surface area contributed by atoms with Gasteiger partial charge in [0.05, 0.1) is 9.92 Å². The smallest absolute Gasteiger partial charge is 0.214 e. The van der Waals surface area contributed by atoms with Gasteiger partial charge in [0.2, 0.25) is 10.0 Å². The number of halogens is 3. The normalized spacial score (nSPS) is 11.7. The van der Waals surface area contributed by atoms with Crippen LogP contribution in [0.4, 0.5) is 4.39 Å². The lowest BCUT2D eigenvalue weighted by Crippen LogP contribution is -2.19. The van der Waals surface area contributed by atoms with E-state index in [1.165, 1.54) is 13.1 Å². The van der Waals surface area contributed by atoms with Crippen molar-refractivity contribution in [1.82, 2.24) is 4.72 Å². The van der Waals surface area contributed by atoms with E-state index in [0.29, 0.717) is 0 Å². The number of nitrogens with one attached hydrogen (secondary N) is 1. The zero-order chi connectivity index (χ0) is 10.9. The molecule has 0 aliphatic carbocycles. The van der Waals surface area contributed by atoms with Crippen LogP contribution in [-0.4, -0.2) is 15.5 Å². The van der Waals surface area contributed by atoms with Crippen molar-refractivity contribution >= 4 is 37.6 Å². The molecule has 0 amide bonds. The fraction of sp³-hybridized carbons (Fsp3) is 0.143. The first-order chi connectivity index (χ1) is 6.38. The zero-order valence-corrected chi connectivity index (χ0v) is 10.2. The van der Waals surface area contributed by atoms with Crippen LogP contribution in [0.15, 0.2) is 21.5 Å². The Balaban J connectivity index is 3.45. The summed E-state index contributed by atoms with van der Waals surface area (Å²) in [6, 6.07) is 2.05. The Bertz CT molecular complexity index is 463. The van der Waals surface area contributed by atoms with Crippen LogP contribution in [0.25, 0.3) is 0 Å². The maximum atomic E-state index is 13.0. The molecule has 14 heavy (non-hydrogen) atoms. The molecule has 0 aliphatic rings. The number of benzene rings is 1. The van der Waals surface area contributed by atoms with Gasteiger partial charge in [-0.25, -0.2) is 17.5 Å². The first-order valence-corrected chi connectivity index (χ1v) is 6.12. The Hall–Kier alpha value is -0.170. The standard InChI is InChI=1S/C7H6BrClFNO2S/c1-11-14(12,13)7-3-6(10)5(9)2-4(7)8/h2-3,11H,1H3. The van der Waals surface area contributed by atoms with E-state index in [2.05, 4.69) is 20.7 Å². The molecular weight excluding hydrogens is 297 g/mol. The minimum Gasteiger partial charge on any atom is -0.214 e. The van der Waals surface area contributed by atoms with Crippen LogP contribution < -0.4 is 4.72 Å². The predicted octanol–water partition coefficient (Wildman–Crippen LogP) is 2.15. The van der Waals surface area contributed by atoms with E-state index < -0.39 is 15.8 Å². The first-order valence-electron chi connectivity index (χ1n) is 3.46. The third kappa shape index (κ3) is 2.25. The van der Waals surface area contributed by atoms with Crippen molar-refractivity contribution in [3.8, 4) is 0 Å². The molecule has 0 aliphatic heterocycles. The van der Waals surface area contributed by atoms with Crippen molar-refractivity contribution < 1.29 is 12.8 Å². The number of sulfonamides is 1. The molecule has 78 valence electrons. The highest BCUT2D eigenvalue weighted by molar-refractivity contribution is 9.10. The molecule has 0 unspecified atom stereocenters. The van der Waals surface area contributed by atoms with Gasteiger partial charge in [-0.1, -0.05) is 11.6 Å². The topological polar surface area (TPSA) is 46.2 Å². The van der Waals surface area contributed by atoms with Crippen molar-refractivity contribution in [3.63, 3.8) is 0 Å². The minimum absolute atomic E-state index is 0.132. The van der Waals surface area contributed by atoms with Gasteiger partial charge >= 0.3 is 0 Å². The predicted molar refractivity (Wildman–Crippen MR) is 55.4 cm³/mol. The van der Waals surface area contributed by atoms with Crippen molar-refractivity contribution in [1.29, 1.82) is 0 Å². The van der Waals surface area contributed by atoms with E-state index in [1.54, 1.807) is 0 Å². The number of rotatable bonds is 2. The van der Waals surface area contributed by atoms with E-state index in [9.17, 15) is 12.8 Å². The summed E-state index contributed by atoms with van der Waals surface area (Å²) in [5.41, 5.74) is 0. The summed E-state index contributed by atoms with van der Waals surface area (Å²) in [6.07, 6.45) is 0. The van der Waals surface area contributed by atoms with Gasteiger partial charge in [-0.2, -0.15) is 0 Å². The molecule has 0 bridgehead atoms. The molecule has 0 fully saturated rings. The van der Waals surface area contributed by atoms with Crippen LogP contribution in [-0.2, 0) is 10.0 Å². The van der Waals surface area contributed by atoms with E-state index in [1.807, 2.05) is 0 Å². The molecule has 1 rings (SSSR count). The van der Waals surface area contributed by atoms with Gasteiger partial charge in [0.1, 0.15) is 5.82 Å². The Morgan fingerprint density at radius 2 is 2.07 bits per heavy atom. The number of hydrogen-bond acceptors (Lipinski definition) is 2. The molecule has 1 aromatic carbocycles. The molecule has 0 saturated carbocycles. The van der Waals surface area contributed by atoms with Crippen molar-refractivity contribution in [2.24, 2.45) is 0 Å². The fourth-order valence-corrected chi connectivity index (χ4v) is 2.89. The molecule has 7 heteroatoms. The average Bonchev–Trinajstić information content (AvgIpc) is 2.11. The van der Waals surface area contributed by atoms with Crippen molar-refractivity contribution in [2.75, 3.05) is 7.05 Å². The third-order valence-electron chi connectivity index (χ3n) is 1.53. The van der Waals surface area contributed by atoms with E-state index in [-0.39, 0.29) is 14.4 Å². The van der Waals surface area contributed by atoms with Crippen LogP contribution in [0.3, 0.4) is 0 Å². The summed E-state index contributed by atoms with van der Waals surface area (Å²) < 4.78 is 37.9. The largest absolute Gasteiger partial charge is 0.241 e. The lowest BCUT2D eigenvalue weighted by atomic mass is 10.3. The van der Waals surface area contributed by atoms with E-state index in [0.717, 1.165) is 6.07 Å². The van der Waals surface area contributed by atoms with Gasteiger partial charge in [0.25, 0.3) is 0 Å². The maximum absolute atomic E-state index is 13.0. The molecule has 3 nitrogen and oxygen atoms in total. The highest BCUT2D eigenvalue weighted by Gasteiger charge is 2.17. The molecule has 1 N–H and O–H groups in total. The summed E-state index contributed by atoms with van der Waals surface area (Å²) in [6.45, 7) is 0. The lowest BCUT2D eigenvalue weighted by Gasteiger charge is -2.05. The molecule has 0 heterocycles. The molecule has 0 radical (unpaired) electrons. The summed E-state index contributed by atoms with van der Waals surface area (Å²) in [7, 11) is -2.42. The van der Waals surface area contributed by atoms with Crippen molar-refractivity contribution in [3.05, 3.63) is 27.4 Å². The SMILES string of the molecule is CNS(=O)(=O)c1cc(F)c(Cl)cc1Br. The third-order valence-corrected chi connectivity index (χ3v) is 4.20. The molecular formula is C7H6BrClFNO2S. The Kier molecular flexibility index (Phi) is 3.52. The highest BCUT2D eigenvalue weighted by atomic mass is 79.9. The van der Waals surface area contributed by atoms with Crippen LogP contribution in [0.5, 0.6) is 0 Å². The van der Waals surface area contributed by atoms with Gasteiger partial charge in [-0.3, -0.25) is 0 Å². The van der Waals surface area contributed by atoms with Crippen LogP contribution in [0, 0.1) is 5.82 Å². The van der Waals surface area contributed by atoms with Gasteiger partial charge < -0.3 is 0 Å². The fourth-order valence-electron chi connectivity index (χ4n) is 0.820. The average molecular weight is 303 g/mol. The molecule has 0 saturated heterocycles. The van der Waals surface area contributed by atoms with Gasteiger partial charge in [0.15, 0.2) is 0 Å². The highest BCUT2D eigenvalue weighted by Crippen LogP contribution is 2.27.